The number of ether oxygens (including phenoxy) is 1. The first-order valence-electron chi connectivity index (χ1n) is 5.42. The van der Waals surface area contributed by atoms with E-state index in [0.717, 1.165) is 39.1 Å². The molecule has 0 aromatic carbocycles. The van der Waals surface area contributed by atoms with E-state index in [9.17, 15) is 0 Å². The maximum atomic E-state index is 5.63. The van der Waals surface area contributed by atoms with Gasteiger partial charge < -0.3 is 15.8 Å². The zero-order valence-corrected chi connectivity index (χ0v) is 12.1. The normalized spacial score (nSPS) is 10.9. The molecule has 0 aliphatic carbocycles. The predicted molar refractivity (Wildman–Crippen MR) is 75.9 cm³/mol. The number of aliphatic imine (C=N–C) groups is 1. The van der Waals surface area contributed by atoms with E-state index in [1.165, 1.54) is 6.42 Å². The van der Waals surface area contributed by atoms with Crippen LogP contribution in [0.25, 0.3) is 0 Å². The molecule has 0 aromatic rings. The van der Waals surface area contributed by atoms with Crippen LogP contribution in [0.4, 0.5) is 0 Å². The van der Waals surface area contributed by atoms with Crippen LogP contribution < -0.4 is 11.1 Å². The van der Waals surface area contributed by atoms with Crippen LogP contribution in [-0.4, -0.2) is 32.3 Å². The van der Waals surface area contributed by atoms with Crippen molar-refractivity contribution in [3.63, 3.8) is 0 Å². The summed E-state index contributed by atoms with van der Waals surface area (Å²) >= 11 is 0. The number of rotatable bonds is 8. The number of unbranched alkanes of at least 4 members (excludes halogenated alkanes) is 1. The third-order valence-electron chi connectivity index (χ3n) is 1.77. The molecule has 0 aliphatic rings. The van der Waals surface area contributed by atoms with Crippen molar-refractivity contribution in [2.45, 2.75) is 33.1 Å². The average molecular weight is 329 g/mol. The quantitative estimate of drug-likeness (QED) is 0.309. The Balaban J connectivity index is 0. The molecular formula is C10H24IN3O. The first kappa shape index (κ1) is 17.4. The Bertz CT molecular complexity index is 154. The highest BCUT2D eigenvalue weighted by Gasteiger charge is 1.90. The van der Waals surface area contributed by atoms with Gasteiger partial charge in [0.25, 0.3) is 0 Å². The minimum atomic E-state index is 0. The number of hydrogen-bond donors (Lipinski definition) is 2. The fourth-order valence-corrected chi connectivity index (χ4v) is 0.960. The average Bonchev–Trinajstić information content (AvgIpc) is 2.18. The zero-order chi connectivity index (χ0) is 10.6. The third-order valence-corrected chi connectivity index (χ3v) is 1.77. The van der Waals surface area contributed by atoms with Gasteiger partial charge in [0.15, 0.2) is 5.96 Å². The molecule has 0 rings (SSSR count). The van der Waals surface area contributed by atoms with E-state index in [1.54, 1.807) is 0 Å². The summed E-state index contributed by atoms with van der Waals surface area (Å²) in [5, 5.41) is 3.06. The number of nitrogens with one attached hydrogen (secondary N) is 1. The van der Waals surface area contributed by atoms with Crippen molar-refractivity contribution in [3.8, 4) is 0 Å². The molecular weight excluding hydrogens is 305 g/mol. The van der Waals surface area contributed by atoms with Gasteiger partial charge in [0.2, 0.25) is 0 Å². The summed E-state index contributed by atoms with van der Waals surface area (Å²) in [5.41, 5.74) is 5.63. The summed E-state index contributed by atoms with van der Waals surface area (Å²) in [6.45, 7) is 7.33. The second-order valence-corrected chi connectivity index (χ2v) is 3.10. The van der Waals surface area contributed by atoms with E-state index >= 15 is 0 Å². The van der Waals surface area contributed by atoms with Gasteiger partial charge in [-0.2, -0.15) is 0 Å². The minimum Gasteiger partial charge on any atom is -0.382 e. The first-order chi connectivity index (χ1) is 6.81. The maximum absolute atomic E-state index is 5.63. The molecule has 0 heterocycles. The summed E-state index contributed by atoms with van der Waals surface area (Å²) in [6, 6.07) is 0. The number of nitrogens with zero attached hydrogens (tertiary/aromatic N) is 1. The smallest absolute Gasteiger partial charge is 0.188 e. The lowest BCUT2D eigenvalue weighted by atomic mass is 10.3. The van der Waals surface area contributed by atoms with Crippen LogP contribution >= 0.6 is 24.0 Å². The Morgan fingerprint density at radius 3 is 2.67 bits per heavy atom. The monoisotopic (exact) mass is 329 g/mol. The zero-order valence-electron chi connectivity index (χ0n) is 9.79. The van der Waals surface area contributed by atoms with Gasteiger partial charge in [0.05, 0.1) is 0 Å². The van der Waals surface area contributed by atoms with Crippen LogP contribution in [0, 0.1) is 0 Å². The molecule has 0 aromatic heterocycles. The predicted octanol–water partition coefficient (Wildman–Crippen LogP) is 1.74. The highest BCUT2D eigenvalue weighted by molar-refractivity contribution is 14.0. The van der Waals surface area contributed by atoms with Crippen LogP contribution in [0.1, 0.15) is 33.1 Å². The lowest BCUT2D eigenvalue weighted by molar-refractivity contribution is 0.146. The van der Waals surface area contributed by atoms with Crippen molar-refractivity contribution in [1.29, 1.82) is 0 Å². The summed E-state index contributed by atoms with van der Waals surface area (Å²) in [4.78, 5) is 4.17. The van der Waals surface area contributed by atoms with Crippen LogP contribution in [0.3, 0.4) is 0 Å². The van der Waals surface area contributed by atoms with E-state index in [1.807, 2.05) is 6.92 Å². The second kappa shape index (κ2) is 14.0. The van der Waals surface area contributed by atoms with Crippen molar-refractivity contribution >= 4 is 29.9 Å². The summed E-state index contributed by atoms with van der Waals surface area (Å²) < 4.78 is 5.18. The lowest BCUT2D eigenvalue weighted by Crippen LogP contribution is -2.32. The van der Waals surface area contributed by atoms with Crippen molar-refractivity contribution < 1.29 is 4.74 Å². The summed E-state index contributed by atoms with van der Waals surface area (Å²) in [6.07, 6.45) is 3.24. The van der Waals surface area contributed by atoms with Crippen molar-refractivity contribution in [1.82, 2.24) is 5.32 Å². The molecule has 0 saturated carbocycles. The molecule has 3 N–H and O–H groups in total. The van der Waals surface area contributed by atoms with E-state index < -0.39 is 0 Å². The maximum Gasteiger partial charge on any atom is 0.188 e. The van der Waals surface area contributed by atoms with E-state index in [4.69, 9.17) is 10.5 Å². The third kappa shape index (κ3) is 14.0. The highest BCUT2D eigenvalue weighted by atomic mass is 127. The molecule has 5 heteroatoms. The summed E-state index contributed by atoms with van der Waals surface area (Å²) in [5.74, 6) is 0.551. The molecule has 0 radical (unpaired) electrons. The standard InChI is InChI=1S/C10H23N3O.HI/c1-3-5-7-12-10(11)13-8-6-9-14-4-2;/h3-9H2,1-2H3,(H3,11,12,13);1H. The lowest BCUT2D eigenvalue weighted by Gasteiger charge is -2.04. The SMILES string of the molecule is CCCCNC(N)=NCCCOCC.I. The number of nitrogens with two attached hydrogens (primary N) is 1. The Morgan fingerprint density at radius 2 is 2.07 bits per heavy atom. The largest absolute Gasteiger partial charge is 0.382 e. The van der Waals surface area contributed by atoms with Crippen LogP contribution in [0.15, 0.2) is 4.99 Å². The first-order valence-corrected chi connectivity index (χ1v) is 5.42. The van der Waals surface area contributed by atoms with E-state index in [-0.39, 0.29) is 24.0 Å². The molecule has 15 heavy (non-hydrogen) atoms. The van der Waals surface area contributed by atoms with Crippen LogP contribution in [0.2, 0.25) is 0 Å². The topological polar surface area (TPSA) is 59.6 Å². The molecule has 0 saturated heterocycles. The van der Waals surface area contributed by atoms with E-state index in [0.29, 0.717) is 5.96 Å². The Hall–Kier alpha value is -0.0400. The van der Waals surface area contributed by atoms with Crippen molar-refractivity contribution in [2.75, 3.05) is 26.3 Å². The summed E-state index contributed by atoms with van der Waals surface area (Å²) in [7, 11) is 0. The Kier molecular flexibility index (Phi) is 16.2. The number of guanidine groups is 1. The van der Waals surface area contributed by atoms with Gasteiger partial charge in [0.1, 0.15) is 0 Å². The molecule has 0 amide bonds. The molecule has 92 valence electrons. The molecule has 0 bridgehead atoms. The van der Waals surface area contributed by atoms with Crippen molar-refractivity contribution in [3.05, 3.63) is 0 Å². The Morgan fingerprint density at radius 1 is 1.33 bits per heavy atom. The van der Waals surface area contributed by atoms with Crippen LogP contribution in [0.5, 0.6) is 0 Å². The molecule has 0 fully saturated rings. The van der Waals surface area contributed by atoms with Gasteiger partial charge >= 0.3 is 0 Å². The van der Waals surface area contributed by atoms with Gasteiger partial charge in [-0.1, -0.05) is 13.3 Å². The number of hydrogen-bond acceptors (Lipinski definition) is 2. The minimum absolute atomic E-state index is 0. The molecule has 4 nitrogen and oxygen atoms in total. The van der Waals surface area contributed by atoms with Gasteiger partial charge in [0, 0.05) is 26.3 Å². The fourth-order valence-electron chi connectivity index (χ4n) is 0.960. The van der Waals surface area contributed by atoms with Gasteiger partial charge in [-0.3, -0.25) is 4.99 Å². The second-order valence-electron chi connectivity index (χ2n) is 3.10. The van der Waals surface area contributed by atoms with E-state index in [2.05, 4.69) is 17.2 Å². The van der Waals surface area contributed by atoms with Crippen molar-refractivity contribution in [2.24, 2.45) is 10.7 Å². The molecule has 0 aliphatic heterocycles. The van der Waals surface area contributed by atoms with Gasteiger partial charge in [-0.05, 0) is 19.8 Å². The van der Waals surface area contributed by atoms with Gasteiger partial charge in [-0.15, -0.1) is 24.0 Å². The number of halogens is 1. The molecule has 0 atom stereocenters. The molecule has 0 spiro atoms. The highest BCUT2D eigenvalue weighted by Crippen LogP contribution is 1.85. The van der Waals surface area contributed by atoms with Gasteiger partial charge in [-0.25, -0.2) is 0 Å². The molecule has 0 unspecified atom stereocenters. The van der Waals surface area contributed by atoms with Crippen LogP contribution in [-0.2, 0) is 4.74 Å². The Labute approximate surface area is 110 Å². The fraction of sp³-hybridized carbons (Fsp3) is 0.900.